The Morgan fingerprint density at radius 1 is 1.47 bits per heavy atom. The van der Waals surface area contributed by atoms with Gasteiger partial charge in [-0.2, -0.15) is 5.10 Å². The molecule has 1 aliphatic heterocycles. The van der Waals surface area contributed by atoms with E-state index in [1.165, 1.54) is 6.33 Å². The van der Waals surface area contributed by atoms with Gasteiger partial charge in [-0.25, -0.2) is 9.97 Å². The van der Waals surface area contributed by atoms with Crippen molar-refractivity contribution in [3.05, 3.63) is 30.2 Å². The van der Waals surface area contributed by atoms with Crippen LogP contribution in [0.5, 0.6) is 0 Å². The van der Waals surface area contributed by atoms with Gasteiger partial charge in [-0.1, -0.05) is 0 Å². The zero-order valence-electron chi connectivity index (χ0n) is 10.7. The van der Waals surface area contributed by atoms with Crippen molar-refractivity contribution in [3.8, 4) is 0 Å². The number of aromatic nitrogens is 5. The predicted molar refractivity (Wildman–Crippen MR) is 68.4 cm³/mol. The van der Waals surface area contributed by atoms with Crippen LogP contribution in [-0.4, -0.2) is 38.3 Å². The monoisotopic (exact) mass is 260 g/mol. The SMILES string of the molecule is Cc1cncc(NC[C@@H]2CCO[C@@H]2c2ncn[nH]2)n1. The number of nitrogens with zero attached hydrogens (tertiary/aromatic N) is 4. The summed E-state index contributed by atoms with van der Waals surface area (Å²) in [5.74, 6) is 1.94. The zero-order chi connectivity index (χ0) is 13.1. The maximum absolute atomic E-state index is 5.71. The van der Waals surface area contributed by atoms with Crippen molar-refractivity contribution < 1.29 is 4.74 Å². The summed E-state index contributed by atoms with van der Waals surface area (Å²) in [6.45, 7) is 3.45. The molecule has 2 aromatic heterocycles. The molecule has 0 bridgehead atoms. The maximum atomic E-state index is 5.71. The Labute approximate surface area is 110 Å². The van der Waals surface area contributed by atoms with Crippen LogP contribution in [-0.2, 0) is 4.74 Å². The molecule has 3 heterocycles. The molecule has 100 valence electrons. The summed E-state index contributed by atoms with van der Waals surface area (Å²) in [6, 6.07) is 0. The van der Waals surface area contributed by atoms with Gasteiger partial charge in [0.1, 0.15) is 18.2 Å². The fourth-order valence-electron chi connectivity index (χ4n) is 2.28. The third kappa shape index (κ3) is 2.70. The molecule has 1 fully saturated rings. The number of anilines is 1. The van der Waals surface area contributed by atoms with Crippen molar-refractivity contribution in [2.24, 2.45) is 5.92 Å². The van der Waals surface area contributed by atoms with Gasteiger partial charge in [0.15, 0.2) is 5.82 Å². The maximum Gasteiger partial charge on any atom is 0.153 e. The minimum absolute atomic E-state index is 0.0206. The van der Waals surface area contributed by atoms with Crippen LogP contribution in [0.15, 0.2) is 18.7 Å². The normalized spacial score (nSPS) is 22.6. The van der Waals surface area contributed by atoms with Gasteiger partial charge >= 0.3 is 0 Å². The summed E-state index contributed by atoms with van der Waals surface area (Å²) in [7, 11) is 0. The molecular weight excluding hydrogens is 244 g/mol. The highest BCUT2D eigenvalue weighted by molar-refractivity contribution is 5.31. The fraction of sp³-hybridized carbons (Fsp3) is 0.500. The largest absolute Gasteiger partial charge is 0.370 e. The molecule has 2 N–H and O–H groups in total. The number of nitrogens with one attached hydrogen (secondary N) is 2. The van der Waals surface area contributed by atoms with Crippen molar-refractivity contribution >= 4 is 5.82 Å². The molecule has 0 spiro atoms. The highest BCUT2D eigenvalue weighted by Gasteiger charge is 2.31. The summed E-state index contributed by atoms with van der Waals surface area (Å²) in [4.78, 5) is 12.7. The van der Waals surface area contributed by atoms with Crippen LogP contribution in [0.4, 0.5) is 5.82 Å². The van der Waals surface area contributed by atoms with E-state index in [0.717, 1.165) is 36.9 Å². The van der Waals surface area contributed by atoms with E-state index < -0.39 is 0 Å². The van der Waals surface area contributed by atoms with Crippen molar-refractivity contribution in [3.63, 3.8) is 0 Å². The van der Waals surface area contributed by atoms with Gasteiger partial charge in [0.25, 0.3) is 0 Å². The number of aromatic amines is 1. The minimum atomic E-state index is -0.0206. The molecule has 0 aliphatic carbocycles. The standard InChI is InChI=1S/C12H16N6O/c1-8-4-13-6-10(17-8)14-5-9-2-3-19-11(9)12-15-7-16-18-12/h4,6-7,9,11H,2-3,5H2,1H3,(H,14,17)(H,15,16,18)/t9-,11-/m0/s1. The molecule has 19 heavy (non-hydrogen) atoms. The van der Waals surface area contributed by atoms with Crippen molar-refractivity contribution in [1.29, 1.82) is 0 Å². The van der Waals surface area contributed by atoms with E-state index in [0.29, 0.717) is 5.92 Å². The first-order valence-corrected chi connectivity index (χ1v) is 6.32. The summed E-state index contributed by atoms with van der Waals surface area (Å²) >= 11 is 0. The van der Waals surface area contributed by atoms with Gasteiger partial charge in [-0.3, -0.25) is 10.1 Å². The predicted octanol–water partition coefficient (Wildman–Crippen LogP) is 1.09. The lowest BCUT2D eigenvalue weighted by Gasteiger charge is -2.16. The second-order valence-corrected chi connectivity index (χ2v) is 4.64. The van der Waals surface area contributed by atoms with Crippen LogP contribution in [0, 0.1) is 12.8 Å². The molecular formula is C12H16N6O. The van der Waals surface area contributed by atoms with Crippen LogP contribution in [0.25, 0.3) is 0 Å². The number of H-pyrrole nitrogens is 1. The van der Waals surface area contributed by atoms with E-state index in [2.05, 4.69) is 30.5 Å². The number of aryl methyl sites for hydroxylation is 1. The number of ether oxygens (including phenoxy) is 1. The highest BCUT2D eigenvalue weighted by Crippen LogP contribution is 2.32. The third-order valence-electron chi connectivity index (χ3n) is 3.22. The lowest BCUT2D eigenvalue weighted by atomic mass is 10.0. The van der Waals surface area contributed by atoms with Crippen molar-refractivity contribution in [1.82, 2.24) is 25.1 Å². The average molecular weight is 260 g/mol. The lowest BCUT2D eigenvalue weighted by molar-refractivity contribution is 0.0864. The molecule has 3 rings (SSSR count). The second-order valence-electron chi connectivity index (χ2n) is 4.64. The first-order chi connectivity index (χ1) is 9.33. The molecule has 7 heteroatoms. The molecule has 0 amide bonds. The summed E-state index contributed by atoms with van der Waals surface area (Å²) in [5, 5.41) is 10.1. The van der Waals surface area contributed by atoms with Gasteiger partial charge in [0.05, 0.1) is 11.9 Å². The molecule has 0 aromatic carbocycles. The van der Waals surface area contributed by atoms with Gasteiger partial charge in [0, 0.05) is 25.3 Å². The summed E-state index contributed by atoms with van der Waals surface area (Å²) < 4.78 is 5.71. The van der Waals surface area contributed by atoms with Crippen LogP contribution in [0.3, 0.4) is 0 Å². The van der Waals surface area contributed by atoms with E-state index in [1.54, 1.807) is 12.4 Å². The molecule has 2 aromatic rings. The highest BCUT2D eigenvalue weighted by atomic mass is 16.5. The lowest BCUT2D eigenvalue weighted by Crippen LogP contribution is -2.19. The zero-order valence-corrected chi connectivity index (χ0v) is 10.7. The van der Waals surface area contributed by atoms with Crippen molar-refractivity contribution in [2.75, 3.05) is 18.5 Å². The topological polar surface area (TPSA) is 88.6 Å². The Morgan fingerprint density at radius 2 is 2.42 bits per heavy atom. The summed E-state index contributed by atoms with van der Waals surface area (Å²) in [5.41, 5.74) is 0.902. The van der Waals surface area contributed by atoms with E-state index in [4.69, 9.17) is 4.74 Å². The smallest absolute Gasteiger partial charge is 0.153 e. The van der Waals surface area contributed by atoms with Gasteiger partial charge in [0.2, 0.25) is 0 Å². The van der Waals surface area contributed by atoms with Crippen molar-refractivity contribution in [2.45, 2.75) is 19.4 Å². The molecule has 1 saturated heterocycles. The van der Waals surface area contributed by atoms with Gasteiger partial charge in [-0.05, 0) is 13.3 Å². The summed E-state index contributed by atoms with van der Waals surface area (Å²) in [6.07, 6.45) is 5.95. The Hall–Kier alpha value is -2.02. The first kappa shape index (κ1) is 12.0. The second kappa shape index (κ2) is 5.31. The quantitative estimate of drug-likeness (QED) is 0.855. The number of rotatable bonds is 4. The third-order valence-corrected chi connectivity index (χ3v) is 3.22. The van der Waals surface area contributed by atoms with Gasteiger partial charge < -0.3 is 10.1 Å². The van der Waals surface area contributed by atoms with Crippen LogP contribution >= 0.6 is 0 Å². The molecule has 2 atom stereocenters. The molecule has 1 aliphatic rings. The number of hydrogen-bond acceptors (Lipinski definition) is 6. The molecule has 0 radical (unpaired) electrons. The van der Waals surface area contributed by atoms with Crippen LogP contribution in [0.1, 0.15) is 24.0 Å². The fourth-order valence-corrected chi connectivity index (χ4v) is 2.28. The average Bonchev–Trinajstić information content (AvgIpc) is 3.07. The van der Waals surface area contributed by atoms with E-state index in [1.807, 2.05) is 6.92 Å². The van der Waals surface area contributed by atoms with E-state index >= 15 is 0 Å². The Balaban J connectivity index is 1.63. The van der Waals surface area contributed by atoms with E-state index in [-0.39, 0.29) is 6.10 Å². The van der Waals surface area contributed by atoms with Crippen LogP contribution in [0.2, 0.25) is 0 Å². The molecule has 0 saturated carbocycles. The molecule has 0 unspecified atom stereocenters. The Kier molecular flexibility index (Phi) is 3.37. The number of hydrogen-bond donors (Lipinski definition) is 2. The molecule has 7 nitrogen and oxygen atoms in total. The van der Waals surface area contributed by atoms with Gasteiger partial charge in [-0.15, -0.1) is 0 Å². The Morgan fingerprint density at radius 3 is 3.21 bits per heavy atom. The Bertz CT molecular complexity index is 529. The minimum Gasteiger partial charge on any atom is -0.370 e. The van der Waals surface area contributed by atoms with Crippen LogP contribution < -0.4 is 5.32 Å². The van der Waals surface area contributed by atoms with E-state index in [9.17, 15) is 0 Å². The first-order valence-electron chi connectivity index (χ1n) is 6.32.